The molecule has 1 saturated heterocycles. The van der Waals surface area contributed by atoms with Crippen molar-refractivity contribution in [1.29, 1.82) is 0 Å². The first-order valence-electron chi connectivity index (χ1n) is 11.5. The van der Waals surface area contributed by atoms with Crippen molar-refractivity contribution in [3.05, 3.63) is 102 Å². The molecule has 2 N–H and O–H groups in total. The smallest absolute Gasteiger partial charge is 0.232 e. The lowest BCUT2D eigenvalue weighted by Crippen LogP contribution is -2.51. The highest BCUT2D eigenvalue weighted by atomic mass is 32.2. The van der Waals surface area contributed by atoms with Gasteiger partial charge in [-0.25, -0.2) is 0 Å². The van der Waals surface area contributed by atoms with E-state index in [4.69, 9.17) is 5.73 Å². The quantitative estimate of drug-likeness (QED) is 0.357. The Bertz CT molecular complexity index is 954. The molecule has 0 spiro atoms. The minimum Gasteiger partial charge on any atom is -0.369 e. The van der Waals surface area contributed by atoms with Crippen LogP contribution in [0.4, 0.5) is 0 Å². The van der Waals surface area contributed by atoms with Crippen LogP contribution in [-0.2, 0) is 10.2 Å². The number of hydrogen-bond acceptors (Lipinski definition) is 3. The number of thioether (sulfide) groups is 1. The van der Waals surface area contributed by atoms with E-state index in [0.717, 1.165) is 42.8 Å². The number of rotatable bonds is 9. The highest BCUT2D eigenvalue weighted by Crippen LogP contribution is 2.46. The van der Waals surface area contributed by atoms with Crippen molar-refractivity contribution in [2.45, 2.75) is 36.1 Å². The van der Waals surface area contributed by atoms with Crippen molar-refractivity contribution in [2.75, 3.05) is 18.8 Å². The first-order chi connectivity index (χ1) is 15.6. The third-order valence-electron chi connectivity index (χ3n) is 6.89. The fourth-order valence-electron chi connectivity index (χ4n) is 5.34. The molecule has 4 rings (SSSR count). The molecule has 166 valence electrons. The molecule has 0 bridgehead atoms. The van der Waals surface area contributed by atoms with Gasteiger partial charge < -0.3 is 10.6 Å². The fraction of sp³-hybridized carbons (Fsp3) is 0.321. The average Bonchev–Trinajstić information content (AvgIpc) is 3.20. The summed E-state index contributed by atoms with van der Waals surface area (Å²) in [6.45, 7) is 4.30. The summed E-state index contributed by atoms with van der Waals surface area (Å²) in [5.41, 5.74) is 7.42. The van der Waals surface area contributed by atoms with Crippen molar-refractivity contribution in [1.82, 2.24) is 4.90 Å². The molecule has 32 heavy (non-hydrogen) atoms. The summed E-state index contributed by atoms with van der Waals surface area (Å²) >= 11 is 1.91. The van der Waals surface area contributed by atoms with Crippen LogP contribution in [0, 0.1) is 5.92 Å². The second kappa shape index (κ2) is 10.4. The predicted molar refractivity (Wildman–Crippen MR) is 134 cm³/mol. The van der Waals surface area contributed by atoms with E-state index in [0.29, 0.717) is 0 Å². The molecule has 4 heteroatoms. The van der Waals surface area contributed by atoms with E-state index in [1.807, 2.05) is 48.2 Å². The lowest BCUT2D eigenvalue weighted by molar-refractivity contribution is -0.124. The summed E-state index contributed by atoms with van der Waals surface area (Å²) in [5.74, 6) is 0.968. The van der Waals surface area contributed by atoms with Crippen LogP contribution >= 0.6 is 11.8 Å². The van der Waals surface area contributed by atoms with Gasteiger partial charge in [-0.2, -0.15) is 0 Å². The van der Waals surface area contributed by atoms with Crippen LogP contribution in [0.25, 0.3) is 0 Å². The Hall–Kier alpha value is -2.56. The summed E-state index contributed by atoms with van der Waals surface area (Å²) in [4.78, 5) is 17.1. The number of likely N-dealkylation sites (tertiary alicyclic amines) is 1. The molecule has 1 fully saturated rings. The van der Waals surface area contributed by atoms with Gasteiger partial charge in [-0.1, -0.05) is 78.9 Å². The van der Waals surface area contributed by atoms with Gasteiger partial charge in [0.05, 0.1) is 0 Å². The van der Waals surface area contributed by atoms with Crippen molar-refractivity contribution < 1.29 is 4.79 Å². The van der Waals surface area contributed by atoms with Crippen molar-refractivity contribution >= 4 is 17.7 Å². The number of hydrogen-bond donors (Lipinski definition) is 1. The minimum atomic E-state index is -0.824. The number of primary amides is 1. The van der Waals surface area contributed by atoms with Crippen LogP contribution in [0.1, 0.15) is 30.9 Å². The molecule has 0 aliphatic carbocycles. The van der Waals surface area contributed by atoms with Gasteiger partial charge in [0.25, 0.3) is 0 Å². The molecule has 1 aliphatic rings. The Morgan fingerprint density at radius 2 is 1.47 bits per heavy atom. The lowest BCUT2D eigenvalue weighted by Gasteiger charge is -2.40. The fourth-order valence-corrected chi connectivity index (χ4v) is 6.20. The van der Waals surface area contributed by atoms with Crippen molar-refractivity contribution in [3.63, 3.8) is 0 Å². The van der Waals surface area contributed by atoms with Gasteiger partial charge in [-0.15, -0.1) is 11.8 Å². The van der Waals surface area contributed by atoms with E-state index in [1.54, 1.807) is 0 Å². The predicted octanol–water partition coefficient (Wildman–Crippen LogP) is 5.35. The van der Waals surface area contributed by atoms with Crippen LogP contribution < -0.4 is 5.73 Å². The third kappa shape index (κ3) is 4.48. The van der Waals surface area contributed by atoms with Crippen LogP contribution in [0.5, 0.6) is 0 Å². The van der Waals surface area contributed by atoms with Crippen LogP contribution in [0.15, 0.2) is 95.9 Å². The number of carbonyl (C=O) groups excluding carboxylic acids is 1. The molecule has 2 atom stereocenters. The van der Waals surface area contributed by atoms with Gasteiger partial charge in [0.15, 0.2) is 0 Å². The second-order valence-corrected chi connectivity index (χ2v) is 9.76. The van der Waals surface area contributed by atoms with Gasteiger partial charge in [0, 0.05) is 10.9 Å². The summed E-state index contributed by atoms with van der Waals surface area (Å²) in [5, 5.41) is 0. The topological polar surface area (TPSA) is 46.3 Å². The number of amides is 1. The maximum absolute atomic E-state index is 13.3. The number of benzene rings is 3. The normalized spacial score (nSPS) is 19.2. The Morgan fingerprint density at radius 3 is 2.00 bits per heavy atom. The highest BCUT2D eigenvalue weighted by Gasteiger charge is 2.52. The standard InChI is InChI=1S/C28H32N2OS/c1-22-26(18-20-30(22)19-11-21-32-25-16-9-4-10-17-25)28(27(29)31,23-12-5-2-6-13-23)24-14-7-3-8-15-24/h2-10,12-17,22,26H,11,18-21H2,1H3,(H2,29,31)/t22-,26+/m0/s1. The van der Waals surface area contributed by atoms with Gasteiger partial charge in [0.1, 0.15) is 5.41 Å². The first kappa shape index (κ1) is 22.6. The van der Waals surface area contributed by atoms with E-state index in [-0.39, 0.29) is 17.9 Å². The van der Waals surface area contributed by atoms with E-state index < -0.39 is 5.41 Å². The maximum atomic E-state index is 13.3. The summed E-state index contributed by atoms with van der Waals surface area (Å²) < 4.78 is 0. The number of carbonyl (C=O) groups is 1. The third-order valence-corrected chi connectivity index (χ3v) is 7.99. The van der Waals surface area contributed by atoms with E-state index >= 15 is 0 Å². The average molecular weight is 445 g/mol. The monoisotopic (exact) mass is 444 g/mol. The zero-order chi connectivity index (χ0) is 22.4. The van der Waals surface area contributed by atoms with Crippen molar-refractivity contribution in [2.24, 2.45) is 11.7 Å². The molecule has 0 radical (unpaired) electrons. The largest absolute Gasteiger partial charge is 0.369 e. The van der Waals surface area contributed by atoms with Gasteiger partial charge in [-0.05, 0) is 67.8 Å². The van der Waals surface area contributed by atoms with Gasteiger partial charge in [-0.3, -0.25) is 4.79 Å². The molecule has 0 saturated carbocycles. The highest BCUT2D eigenvalue weighted by molar-refractivity contribution is 7.99. The molecule has 0 aromatic heterocycles. The molecule has 1 heterocycles. The lowest BCUT2D eigenvalue weighted by atomic mass is 9.63. The van der Waals surface area contributed by atoms with Crippen LogP contribution in [-0.4, -0.2) is 35.7 Å². The maximum Gasteiger partial charge on any atom is 0.232 e. The van der Waals surface area contributed by atoms with Gasteiger partial charge in [0.2, 0.25) is 5.91 Å². The van der Waals surface area contributed by atoms with Crippen molar-refractivity contribution in [3.8, 4) is 0 Å². The molecular formula is C28H32N2OS. The zero-order valence-corrected chi connectivity index (χ0v) is 19.5. The van der Waals surface area contributed by atoms with E-state index in [9.17, 15) is 4.79 Å². The Labute approximate surface area is 196 Å². The summed E-state index contributed by atoms with van der Waals surface area (Å²) in [7, 11) is 0. The molecule has 1 amide bonds. The zero-order valence-electron chi connectivity index (χ0n) is 18.7. The van der Waals surface area contributed by atoms with E-state index in [2.05, 4.69) is 66.4 Å². The second-order valence-electron chi connectivity index (χ2n) is 8.59. The number of nitrogens with two attached hydrogens (primary N) is 1. The summed E-state index contributed by atoms with van der Waals surface area (Å²) in [6, 6.07) is 31.1. The molecular weight excluding hydrogens is 412 g/mol. The molecule has 3 nitrogen and oxygen atoms in total. The van der Waals surface area contributed by atoms with Gasteiger partial charge >= 0.3 is 0 Å². The molecule has 1 aliphatic heterocycles. The molecule has 3 aromatic carbocycles. The Morgan fingerprint density at radius 1 is 0.938 bits per heavy atom. The first-order valence-corrected chi connectivity index (χ1v) is 12.5. The molecule has 0 unspecified atom stereocenters. The number of nitrogens with zero attached hydrogens (tertiary/aromatic N) is 1. The Balaban J connectivity index is 1.54. The SMILES string of the molecule is C[C@H]1[C@H](C(C(N)=O)(c2ccccc2)c2ccccc2)CCN1CCCSc1ccccc1. The summed E-state index contributed by atoms with van der Waals surface area (Å²) in [6.07, 6.45) is 2.08. The van der Waals surface area contributed by atoms with Crippen LogP contribution in [0.3, 0.4) is 0 Å². The van der Waals surface area contributed by atoms with E-state index in [1.165, 1.54) is 4.90 Å². The molecule has 3 aromatic rings. The van der Waals surface area contributed by atoms with Crippen LogP contribution in [0.2, 0.25) is 0 Å². The minimum absolute atomic E-state index is 0.131. The Kier molecular flexibility index (Phi) is 7.33.